The molecule has 1 rings (SSSR count). The molecule has 0 unspecified atom stereocenters. The van der Waals surface area contributed by atoms with E-state index in [2.05, 4.69) is 0 Å². The minimum Gasteiger partial charge on any atom is -0.458 e. The normalized spacial score (nSPS) is 12.0. The second kappa shape index (κ2) is 18.7. The maximum absolute atomic E-state index is 12.4. The Morgan fingerprint density at radius 1 is 0.763 bits per heavy atom. The minimum absolute atomic E-state index is 0.00736. The molecule has 12 heteroatoms. The maximum atomic E-state index is 12.4. The fourth-order valence-electron chi connectivity index (χ4n) is 2.75. The summed E-state index contributed by atoms with van der Waals surface area (Å²) in [6, 6.07) is 3.26. The van der Waals surface area contributed by atoms with Crippen molar-refractivity contribution in [2.75, 3.05) is 26.4 Å². The first kappa shape index (κ1) is 32.5. The Morgan fingerprint density at radius 2 is 1.34 bits per heavy atom. The van der Waals surface area contributed by atoms with Crippen molar-refractivity contribution >= 4 is 24.4 Å². The number of rotatable bonds is 16. The monoisotopic (exact) mass is 541 g/mol. The SMILES string of the molecule is CCCCOC(=O)Oc1ccc(C[C@H](N)C(=O)O[C@@H](C)COC(=O)OCCC)cc1OC(=O)OCCCC. The molecule has 38 heavy (non-hydrogen) atoms. The highest BCUT2D eigenvalue weighted by Gasteiger charge is 2.22. The average Bonchev–Trinajstić information content (AvgIpc) is 2.88. The Morgan fingerprint density at radius 3 is 1.92 bits per heavy atom. The van der Waals surface area contributed by atoms with Crippen LogP contribution in [0.3, 0.4) is 0 Å². The lowest BCUT2D eigenvalue weighted by molar-refractivity contribution is -0.152. The molecule has 12 nitrogen and oxygen atoms in total. The van der Waals surface area contributed by atoms with Gasteiger partial charge in [0.15, 0.2) is 11.5 Å². The molecule has 0 bridgehead atoms. The fourth-order valence-corrected chi connectivity index (χ4v) is 2.75. The zero-order chi connectivity index (χ0) is 28.3. The van der Waals surface area contributed by atoms with Gasteiger partial charge in [-0.2, -0.15) is 0 Å². The van der Waals surface area contributed by atoms with Crippen LogP contribution in [0.5, 0.6) is 11.5 Å². The molecule has 214 valence electrons. The molecule has 0 fully saturated rings. The first-order valence-corrected chi connectivity index (χ1v) is 12.8. The van der Waals surface area contributed by atoms with Gasteiger partial charge in [0.1, 0.15) is 18.8 Å². The number of hydrogen-bond donors (Lipinski definition) is 1. The predicted molar refractivity (Wildman–Crippen MR) is 135 cm³/mol. The van der Waals surface area contributed by atoms with E-state index in [-0.39, 0.29) is 44.3 Å². The summed E-state index contributed by atoms with van der Waals surface area (Å²) >= 11 is 0. The van der Waals surface area contributed by atoms with Crippen LogP contribution < -0.4 is 15.2 Å². The first-order valence-electron chi connectivity index (χ1n) is 12.8. The van der Waals surface area contributed by atoms with Crippen molar-refractivity contribution in [3.63, 3.8) is 0 Å². The molecule has 0 radical (unpaired) electrons. The molecule has 0 spiro atoms. The van der Waals surface area contributed by atoms with Crippen molar-refractivity contribution in [2.24, 2.45) is 5.73 Å². The number of nitrogens with two attached hydrogens (primary N) is 1. The Balaban J connectivity index is 2.81. The number of benzene rings is 1. The summed E-state index contributed by atoms with van der Waals surface area (Å²) in [7, 11) is 0. The van der Waals surface area contributed by atoms with Gasteiger partial charge in [-0.3, -0.25) is 4.79 Å². The van der Waals surface area contributed by atoms with Crippen molar-refractivity contribution in [3.05, 3.63) is 23.8 Å². The highest BCUT2D eigenvalue weighted by molar-refractivity contribution is 5.76. The largest absolute Gasteiger partial charge is 0.513 e. The molecular weight excluding hydrogens is 502 g/mol. The van der Waals surface area contributed by atoms with Crippen molar-refractivity contribution in [2.45, 2.75) is 78.4 Å². The summed E-state index contributed by atoms with van der Waals surface area (Å²) in [4.78, 5) is 47.9. The topological polar surface area (TPSA) is 159 Å². The fraction of sp³-hybridized carbons (Fsp3) is 0.615. The van der Waals surface area contributed by atoms with Gasteiger partial charge in [-0.25, -0.2) is 14.4 Å². The number of carbonyl (C=O) groups is 4. The summed E-state index contributed by atoms with van der Waals surface area (Å²) in [5, 5.41) is 0. The van der Waals surface area contributed by atoms with Crippen molar-refractivity contribution in [1.82, 2.24) is 0 Å². The molecule has 0 aliphatic carbocycles. The van der Waals surface area contributed by atoms with Crippen LogP contribution in [0, 0.1) is 0 Å². The van der Waals surface area contributed by atoms with Gasteiger partial charge < -0.3 is 38.9 Å². The molecule has 0 saturated carbocycles. The Bertz CT molecular complexity index is 890. The summed E-state index contributed by atoms with van der Waals surface area (Å²) in [5.41, 5.74) is 6.48. The molecule has 0 aromatic heterocycles. The predicted octanol–water partition coefficient (Wildman–Crippen LogP) is 4.68. The van der Waals surface area contributed by atoms with Crippen LogP contribution in [0.2, 0.25) is 0 Å². The number of ether oxygens (including phenoxy) is 7. The second-order valence-electron chi connectivity index (χ2n) is 8.36. The first-order chi connectivity index (χ1) is 18.2. The van der Waals surface area contributed by atoms with E-state index in [9.17, 15) is 19.2 Å². The molecule has 2 atom stereocenters. The highest BCUT2D eigenvalue weighted by Crippen LogP contribution is 2.30. The van der Waals surface area contributed by atoms with Gasteiger partial charge in [-0.05, 0) is 50.3 Å². The van der Waals surface area contributed by atoms with E-state index in [4.69, 9.17) is 38.9 Å². The van der Waals surface area contributed by atoms with E-state index >= 15 is 0 Å². The van der Waals surface area contributed by atoms with Gasteiger partial charge in [0.25, 0.3) is 0 Å². The summed E-state index contributed by atoms with van der Waals surface area (Å²) in [5.74, 6) is -0.909. The summed E-state index contributed by atoms with van der Waals surface area (Å²) < 4.78 is 35.3. The highest BCUT2D eigenvalue weighted by atomic mass is 16.7. The van der Waals surface area contributed by atoms with Crippen LogP contribution in [-0.2, 0) is 34.9 Å². The quantitative estimate of drug-likeness (QED) is 0.133. The lowest BCUT2D eigenvalue weighted by Gasteiger charge is -2.17. The summed E-state index contributed by atoms with van der Waals surface area (Å²) in [6.07, 6.45) is 0.101. The van der Waals surface area contributed by atoms with E-state index < -0.39 is 36.6 Å². The zero-order valence-electron chi connectivity index (χ0n) is 22.5. The Kier molecular flexibility index (Phi) is 16.0. The van der Waals surface area contributed by atoms with E-state index in [1.54, 1.807) is 13.0 Å². The van der Waals surface area contributed by atoms with Crippen molar-refractivity contribution in [3.8, 4) is 11.5 Å². The number of unbranched alkanes of at least 4 members (excludes halogenated alkanes) is 2. The number of hydrogen-bond acceptors (Lipinski definition) is 12. The Hall–Kier alpha value is -3.54. The van der Waals surface area contributed by atoms with Gasteiger partial charge in [0, 0.05) is 0 Å². The van der Waals surface area contributed by atoms with Crippen LogP contribution >= 0.6 is 0 Å². The van der Waals surface area contributed by atoms with E-state index in [0.29, 0.717) is 24.8 Å². The van der Waals surface area contributed by atoms with Crippen molar-refractivity contribution < 1.29 is 52.3 Å². The zero-order valence-corrected chi connectivity index (χ0v) is 22.5. The molecule has 0 amide bonds. The van der Waals surface area contributed by atoms with Gasteiger partial charge >= 0.3 is 24.4 Å². The third-order valence-electron chi connectivity index (χ3n) is 4.77. The second-order valence-corrected chi connectivity index (χ2v) is 8.36. The molecule has 0 aliphatic heterocycles. The molecule has 0 heterocycles. The van der Waals surface area contributed by atoms with Crippen LogP contribution in [0.1, 0.15) is 65.4 Å². The van der Waals surface area contributed by atoms with E-state index in [1.165, 1.54) is 12.1 Å². The maximum Gasteiger partial charge on any atom is 0.513 e. The number of esters is 1. The lowest BCUT2D eigenvalue weighted by atomic mass is 10.1. The number of carbonyl (C=O) groups excluding carboxylic acids is 4. The average molecular weight is 542 g/mol. The van der Waals surface area contributed by atoms with Gasteiger partial charge in [0.2, 0.25) is 0 Å². The van der Waals surface area contributed by atoms with Crippen molar-refractivity contribution in [1.29, 1.82) is 0 Å². The van der Waals surface area contributed by atoms with E-state index in [1.807, 2.05) is 20.8 Å². The van der Waals surface area contributed by atoms with E-state index in [0.717, 1.165) is 12.8 Å². The molecule has 0 saturated heterocycles. The van der Waals surface area contributed by atoms with Gasteiger partial charge in [-0.1, -0.05) is 39.7 Å². The molecule has 2 N–H and O–H groups in total. The molecule has 1 aromatic carbocycles. The van der Waals surface area contributed by atoms with Gasteiger partial charge in [-0.15, -0.1) is 0 Å². The summed E-state index contributed by atoms with van der Waals surface area (Å²) in [6.45, 7) is 7.66. The Labute approximate surface area is 223 Å². The molecule has 0 aliphatic rings. The third-order valence-corrected chi connectivity index (χ3v) is 4.77. The standard InChI is InChI=1S/C26H39NO11/c1-5-8-13-33-25(30)37-21-11-10-19(16-22(21)38-26(31)34-14-9-6-2)15-20(27)23(28)36-18(4)17-35-24(29)32-12-7-3/h10-11,16,18,20H,5-9,12-15,17,27H2,1-4H3/t18-,20-/m0/s1. The molecule has 1 aromatic rings. The molecular formula is C26H39NO11. The van der Waals surface area contributed by atoms with Gasteiger partial charge in [0.05, 0.1) is 19.8 Å². The smallest absolute Gasteiger partial charge is 0.458 e. The third kappa shape index (κ3) is 13.7. The van der Waals surface area contributed by atoms with Crippen LogP contribution in [0.15, 0.2) is 18.2 Å². The van der Waals surface area contributed by atoms with Crippen LogP contribution in [0.4, 0.5) is 14.4 Å². The minimum atomic E-state index is -1.08. The lowest BCUT2D eigenvalue weighted by Crippen LogP contribution is -2.37. The van der Waals surface area contributed by atoms with Crippen LogP contribution in [0.25, 0.3) is 0 Å². The van der Waals surface area contributed by atoms with Crippen LogP contribution in [-0.4, -0.2) is 63.0 Å².